The molecule has 39 heavy (non-hydrogen) atoms. The second kappa shape index (κ2) is 13.6. The van der Waals surface area contributed by atoms with Gasteiger partial charge in [0.25, 0.3) is 0 Å². The molecule has 1 unspecified atom stereocenters. The zero-order valence-electron chi connectivity index (χ0n) is 24.0. The highest BCUT2D eigenvalue weighted by Gasteiger charge is 2.53. The van der Waals surface area contributed by atoms with Crippen LogP contribution in [-0.4, -0.2) is 64.2 Å². The summed E-state index contributed by atoms with van der Waals surface area (Å²) in [4.78, 5) is 18.2. The molecule has 0 bridgehead atoms. The van der Waals surface area contributed by atoms with Crippen molar-refractivity contribution in [2.24, 2.45) is 11.8 Å². The maximum Gasteiger partial charge on any atom is 0.222 e. The van der Waals surface area contributed by atoms with Crippen molar-refractivity contribution in [2.45, 2.75) is 82.8 Å². The number of hydrogen-bond acceptors (Lipinski definition) is 4. The van der Waals surface area contributed by atoms with Crippen LogP contribution in [0.15, 0.2) is 67.3 Å². The third-order valence-corrected chi connectivity index (χ3v) is 8.95. The summed E-state index contributed by atoms with van der Waals surface area (Å²) in [6.45, 7) is 11.5. The van der Waals surface area contributed by atoms with Gasteiger partial charge >= 0.3 is 0 Å². The number of aliphatic hydroxyl groups excluding tert-OH is 1. The van der Waals surface area contributed by atoms with E-state index in [0.717, 1.165) is 63.7 Å². The number of unbranched alkanes of at least 4 members (excludes halogenated alkanes) is 2. The highest BCUT2D eigenvalue weighted by atomic mass is 16.3. The third kappa shape index (κ3) is 7.32. The van der Waals surface area contributed by atoms with Crippen LogP contribution in [0.3, 0.4) is 0 Å². The molecule has 4 rings (SSSR count). The molecule has 2 fully saturated rings. The van der Waals surface area contributed by atoms with Gasteiger partial charge in [-0.15, -0.1) is 6.58 Å². The van der Waals surface area contributed by atoms with Crippen LogP contribution < -0.4 is 0 Å². The summed E-state index contributed by atoms with van der Waals surface area (Å²) in [6, 6.07) is 18.1. The molecule has 1 saturated heterocycles. The van der Waals surface area contributed by atoms with E-state index in [2.05, 4.69) is 60.6 Å². The number of piperidine rings is 1. The third-order valence-electron chi connectivity index (χ3n) is 8.95. The molecule has 1 saturated carbocycles. The molecule has 5 heteroatoms. The van der Waals surface area contributed by atoms with Gasteiger partial charge in [0.05, 0.1) is 6.10 Å². The lowest BCUT2D eigenvalue weighted by Gasteiger charge is -2.56. The van der Waals surface area contributed by atoms with E-state index >= 15 is 0 Å². The van der Waals surface area contributed by atoms with Crippen molar-refractivity contribution in [2.75, 3.05) is 26.2 Å². The average molecular weight is 533 g/mol. The number of carbonyl (C=O) groups is 1. The molecule has 2 aliphatic rings. The van der Waals surface area contributed by atoms with Gasteiger partial charge in [-0.25, -0.2) is 0 Å². The summed E-state index contributed by atoms with van der Waals surface area (Å²) in [5, 5.41) is 22.0. The van der Waals surface area contributed by atoms with Crippen LogP contribution in [0, 0.1) is 11.8 Å². The summed E-state index contributed by atoms with van der Waals surface area (Å²) in [5.41, 5.74) is 2.17. The Morgan fingerprint density at radius 1 is 1.15 bits per heavy atom. The van der Waals surface area contributed by atoms with Crippen LogP contribution in [-0.2, 0) is 16.6 Å². The molecule has 5 nitrogen and oxygen atoms in total. The Morgan fingerprint density at radius 3 is 2.67 bits per heavy atom. The van der Waals surface area contributed by atoms with Gasteiger partial charge < -0.3 is 15.1 Å². The van der Waals surface area contributed by atoms with Crippen LogP contribution in [0.1, 0.15) is 69.9 Å². The highest BCUT2D eigenvalue weighted by Crippen LogP contribution is 2.50. The quantitative estimate of drug-likeness (QED) is 0.262. The number of phenols is 1. The first kappa shape index (κ1) is 29.4. The van der Waals surface area contributed by atoms with Crippen LogP contribution in [0.2, 0.25) is 0 Å². The number of amides is 1. The van der Waals surface area contributed by atoms with Crippen molar-refractivity contribution in [1.29, 1.82) is 0 Å². The van der Waals surface area contributed by atoms with Gasteiger partial charge in [0.15, 0.2) is 0 Å². The van der Waals surface area contributed by atoms with Crippen molar-refractivity contribution in [3.8, 4) is 5.75 Å². The Balaban J connectivity index is 1.49. The fraction of sp³-hybridized carbons (Fsp3) is 0.559. The second-order valence-electron chi connectivity index (χ2n) is 12.3. The molecule has 1 amide bonds. The van der Waals surface area contributed by atoms with Gasteiger partial charge in [-0.3, -0.25) is 9.69 Å². The lowest BCUT2D eigenvalue weighted by atomic mass is 9.56. The maximum absolute atomic E-state index is 13.7. The number of carbonyl (C=O) groups excluding carboxylic acids is 1. The molecule has 1 aliphatic carbocycles. The van der Waals surface area contributed by atoms with Crippen molar-refractivity contribution >= 4 is 5.91 Å². The summed E-state index contributed by atoms with van der Waals surface area (Å²) in [7, 11) is 0. The summed E-state index contributed by atoms with van der Waals surface area (Å²) >= 11 is 0. The number of likely N-dealkylation sites (tertiary alicyclic amines) is 1. The lowest BCUT2D eigenvalue weighted by Crippen LogP contribution is -2.61. The average Bonchev–Trinajstić information content (AvgIpc) is 2.92. The molecular weight excluding hydrogens is 484 g/mol. The largest absolute Gasteiger partial charge is 0.508 e. The Bertz CT molecular complexity index is 1070. The van der Waals surface area contributed by atoms with Gasteiger partial charge in [0.2, 0.25) is 5.91 Å². The normalized spacial score (nSPS) is 25.3. The van der Waals surface area contributed by atoms with Gasteiger partial charge in [-0.1, -0.05) is 68.8 Å². The molecule has 1 aliphatic heterocycles. The molecule has 1 heterocycles. The smallest absolute Gasteiger partial charge is 0.222 e. The van der Waals surface area contributed by atoms with Crippen LogP contribution in [0.4, 0.5) is 0 Å². The number of phenolic OH excluding ortho intramolecular Hbond substituents is 1. The molecule has 2 aromatic rings. The molecule has 0 radical (unpaired) electrons. The van der Waals surface area contributed by atoms with Gasteiger partial charge in [0.1, 0.15) is 5.75 Å². The number of aryl methyl sites for hydroxylation is 1. The van der Waals surface area contributed by atoms with E-state index in [4.69, 9.17) is 0 Å². The van der Waals surface area contributed by atoms with Crippen LogP contribution in [0.5, 0.6) is 5.75 Å². The zero-order valence-corrected chi connectivity index (χ0v) is 24.0. The Morgan fingerprint density at radius 2 is 1.95 bits per heavy atom. The van der Waals surface area contributed by atoms with E-state index in [1.54, 1.807) is 6.07 Å². The van der Waals surface area contributed by atoms with Crippen molar-refractivity contribution in [1.82, 2.24) is 9.80 Å². The fourth-order valence-corrected chi connectivity index (χ4v) is 7.07. The number of aromatic hydroxyl groups is 1. The van der Waals surface area contributed by atoms with E-state index in [1.165, 1.54) is 5.56 Å². The van der Waals surface area contributed by atoms with Gasteiger partial charge in [-0.2, -0.15) is 0 Å². The SMILES string of the molecule is C=CCN1CC[C@@]2(c3cccc(O)c3)C[C@@H](N(CC(C)C)C(=O)CCCCCc3ccccc3)CC(O)[C@@H]2C1. The summed E-state index contributed by atoms with van der Waals surface area (Å²) in [5.74, 6) is 0.886. The molecular formula is C34H48N2O3. The first-order valence-corrected chi connectivity index (χ1v) is 15.0. The van der Waals surface area contributed by atoms with Crippen molar-refractivity contribution in [3.63, 3.8) is 0 Å². The number of aliphatic hydroxyl groups is 1. The minimum absolute atomic E-state index is 0.0104. The highest BCUT2D eigenvalue weighted by molar-refractivity contribution is 5.76. The number of rotatable bonds is 12. The number of hydrogen-bond donors (Lipinski definition) is 2. The Labute approximate surface area is 235 Å². The first-order valence-electron chi connectivity index (χ1n) is 15.0. The number of fused-ring (bicyclic) bond motifs is 1. The van der Waals surface area contributed by atoms with E-state index < -0.39 is 6.10 Å². The van der Waals surface area contributed by atoms with Crippen LogP contribution >= 0.6 is 0 Å². The predicted molar refractivity (Wildman–Crippen MR) is 159 cm³/mol. The van der Waals surface area contributed by atoms with Crippen LogP contribution in [0.25, 0.3) is 0 Å². The van der Waals surface area contributed by atoms with Gasteiger partial charge in [0, 0.05) is 43.4 Å². The molecule has 2 N–H and O–H groups in total. The van der Waals surface area contributed by atoms with Crippen molar-refractivity contribution < 1.29 is 15.0 Å². The minimum atomic E-state index is -0.507. The Hall–Kier alpha value is -2.63. The number of benzene rings is 2. The minimum Gasteiger partial charge on any atom is -0.508 e. The summed E-state index contributed by atoms with van der Waals surface area (Å²) in [6.07, 6.45) is 8.39. The fourth-order valence-electron chi connectivity index (χ4n) is 7.07. The van der Waals surface area contributed by atoms with E-state index in [1.807, 2.05) is 24.3 Å². The summed E-state index contributed by atoms with van der Waals surface area (Å²) < 4.78 is 0. The zero-order chi connectivity index (χ0) is 27.8. The predicted octanol–water partition coefficient (Wildman–Crippen LogP) is 5.95. The van der Waals surface area contributed by atoms with E-state index in [-0.39, 0.29) is 29.0 Å². The van der Waals surface area contributed by atoms with Crippen molar-refractivity contribution in [3.05, 3.63) is 78.4 Å². The molecule has 2 aromatic carbocycles. The molecule has 0 spiro atoms. The van der Waals surface area contributed by atoms with E-state index in [9.17, 15) is 15.0 Å². The second-order valence-corrected chi connectivity index (χ2v) is 12.3. The maximum atomic E-state index is 13.7. The number of nitrogens with zero attached hydrogens (tertiary/aromatic N) is 2. The topological polar surface area (TPSA) is 64.0 Å². The van der Waals surface area contributed by atoms with E-state index in [0.29, 0.717) is 25.3 Å². The Kier molecular flexibility index (Phi) is 10.3. The standard InChI is InChI=1S/C34H48N2O3/c1-4-19-35-20-18-34(28-15-11-16-30(37)21-28)23-29(22-32(38)31(34)25-35)36(24-26(2)3)33(39)17-10-6-9-14-27-12-7-5-8-13-27/h4-5,7-8,11-13,15-16,21,26,29,31-32,37-38H,1,6,9-10,14,17-20,22-25H2,2-3H3/t29-,31-,32?,34-/m0/s1. The van der Waals surface area contributed by atoms with Gasteiger partial charge in [-0.05, 0) is 74.2 Å². The molecule has 4 atom stereocenters. The molecule has 0 aromatic heterocycles. The lowest BCUT2D eigenvalue weighted by molar-refractivity contribution is -0.139. The first-order chi connectivity index (χ1) is 18.8. The molecule has 212 valence electrons. The monoisotopic (exact) mass is 532 g/mol.